The second-order valence-electron chi connectivity index (χ2n) is 2.32. The van der Waals surface area contributed by atoms with Crippen molar-refractivity contribution in [3.8, 4) is 0 Å². The maximum atomic E-state index is 2.37. The molecule has 1 aliphatic carbocycles. The van der Waals surface area contributed by atoms with Gasteiger partial charge in [-0.15, -0.1) is 0 Å². The average molecular weight is 242 g/mol. The summed E-state index contributed by atoms with van der Waals surface area (Å²) in [6, 6.07) is 0. The Morgan fingerprint density at radius 1 is 1.00 bits per heavy atom. The summed E-state index contributed by atoms with van der Waals surface area (Å²) < 4.78 is 2.57. The molecule has 3 heteroatoms. The van der Waals surface area contributed by atoms with Crippen LogP contribution in [0.2, 0.25) is 7.25 Å². The van der Waals surface area contributed by atoms with Gasteiger partial charge in [0.25, 0.3) is 0 Å². The SMILES string of the molecule is C1=CC[CH]2[Zr+2][CH]2C1.[Cl-].[Cl-]. The third-order valence-electron chi connectivity index (χ3n) is 1.75. The summed E-state index contributed by atoms with van der Waals surface area (Å²) in [4.78, 5) is 0. The Morgan fingerprint density at radius 3 is 1.78 bits per heavy atom. The summed E-state index contributed by atoms with van der Waals surface area (Å²) in [5.74, 6) is 0. The van der Waals surface area contributed by atoms with Crippen LogP contribution in [0.5, 0.6) is 0 Å². The van der Waals surface area contributed by atoms with Gasteiger partial charge in [-0.1, -0.05) is 0 Å². The molecule has 0 nitrogen and oxygen atoms in total. The van der Waals surface area contributed by atoms with E-state index in [1.807, 2.05) is 0 Å². The van der Waals surface area contributed by atoms with Crippen molar-refractivity contribution in [3.63, 3.8) is 0 Å². The van der Waals surface area contributed by atoms with Crippen LogP contribution in [0.3, 0.4) is 0 Å². The quantitative estimate of drug-likeness (QED) is 0.380. The first-order valence-electron chi connectivity index (χ1n) is 2.88. The second-order valence-corrected chi connectivity index (χ2v) is 6.79. The van der Waals surface area contributed by atoms with Crippen molar-refractivity contribution < 1.29 is 48.0 Å². The third-order valence-corrected chi connectivity index (χ3v) is 6.05. The van der Waals surface area contributed by atoms with E-state index in [1.54, 1.807) is 0 Å². The Labute approximate surface area is 79.9 Å². The van der Waals surface area contributed by atoms with Crippen molar-refractivity contribution in [2.75, 3.05) is 0 Å². The summed E-state index contributed by atoms with van der Waals surface area (Å²) in [7, 11) is 0. The van der Waals surface area contributed by atoms with Crippen molar-refractivity contribution >= 4 is 0 Å². The molecule has 2 rings (SSSR count). The molecule has 0 saturated carbocycles. The molecule has 0 amide bonds. The van der Waals surface area contributed by atoms with Gasteiger partial charge in [-0.25, -0.2) is 0 Å². The van der Waals surface area contributed by atoms with Gasteiger partial charge < -0.3 is 24.8 Å². The van der Waals surface area contributed by atoms with Crippen LogP contribution in [0, 0.1) is 0 Å². The Balaban J connectivity index is 0.000000320. The van der Waals surface area contributed by atoms with E-state index in [0.29, 0.717) is 0 Å². The zero-order valence-corrected chi connectivity index (χ0v) is 8.95. The van der Waals surface area contributed by atoms with E-state index >= 15 is 0 Å². The molecule has 1 aliphatic heterocycles. The van der Waals surface area contributed by atoms with Crippen molar-refractivity contribution in [2.45, 2.75) is 20.1 Å². The first-order chi connectivity index (χ1) is 3.47. The Morgan fingerprint density at radius 2 is 1.44 bits per heavy atom. The predicted molar refractivity (Wildman–Crippen MR) is 25.9 cm³/mol. The number of allylic oxidation sites excluding steroid dienone is 2. The molecule has 0 aromatic heterocycles. The van der Waals surface area contributed by atoms with Crippen LogP contribution >= 0.6 is 0 Å². The van der Waals surface area contributed by atoms with Gasteiger partial charge in [0.2, 0.25) is 0 Å². The van der Waals surface area contributed by atoms with Crippen LogP contribution in [0.4, 0.5) is 0 Å². The number of hydrogen-bond acceptors (Lipinski definition) is 0. The van der Waals surface area contributed by atoms with Crippen LogP contribution in [0.1, 0.15) is 12.8 Å². The van der Waals surface area contributed by atoms with Crippen LogP contribution in [-0.2, 0) is 23.2 Å². The minimum Gasteiger partial charge on any atom is -1.00 e. The van der Waals surface area contributed by atoms with Crippen LogP contribution in [0.15, 0.2) is 12.2 Å². The van der Waals surface area contributed by atoms with E-state index in [0.717, 1.165) is 0 Å². The molecule has 1 fully saturated rings. The summed E-state index contributed by atoms with van der Waals surface area (Å²) in [5.41, 5.74) is 0. The largest absolute Gasteiger partial charge is 1.00 e. The van der Waals surface area contributed by atoms with Crippen molar-refractivity contribution in [1.82, 2.24) is 0 Å². The van der Waals surface area contributed by atoms with Gasteiger partial charge in [0.15, 0.2) is 0 Å². The molecule has 9 heavy (non-hydrogen) atoms. The Kier molecular flexibility index (Phi) is 4.71. The fourth-order valence-electron chi connectivity index (χ4n) is 1.17. The zero-order chi connectivity index (χ0) is 4.69. The maximum absolute atomic E-state index is 2.37. The van der Waals surface area contributed by atoms with Gasteiger partial charge in [-0.2, -0.15) is 0 Å². The summed E-state index contributed by atoms with van der Waals surface area (Å²) >= 11 is 0.265. The number of hydrogen-bond donors (Lipinski definition) is 0. The van der Waals surface area contributed by atoms with Gasteiger partial charge in [-0.3, -0.25) is 0 Å². The molecule has 0 radical (unpaired) electrons. The van der Waals surface area contributed by atoms with Gasteiger partial charge in [0.05, 0.1) is 0 Å². The molecule has 2 unspecified atom stereocenters. The number of fused-ring (bicyclic) bond motifs is 1. The molecule has 0 N–H and O–H groups in total. The second kappa shape index (κ2) is 4.16. The molecule has 2 aliphatic rings. The molecule has 1 saturated heterocycles. The van der Waals surface area contributed by atoms with E-state index in [9.17, 15) is 0 Å². The molecule has 1 heterocycles. The van der Waals surface area contributed by atoms with E-state index < -0.39 is 0 Å². The minimum atomic E-state index is 0. The van der Waals surface area contributed by atoms with Crippen molar-refractivity contribution in [1.29, 1.82) is 0 Å². The topological polar surface area (TPSA) is 0 Å². The van der Waals surface area contributed by atoms with Crippen LogP contribution < -0.4 is 24.8 Å². The van der Waals surface area contributed by atoms with Gasteiger partial charge in [-0.05, 0) is 0 Å². The summed E-state index contributed by atoms with van der Waals surface area (Å²) in [6.07, 6.45) is 7.65. The average Bonchev–Trinajstić information content (AvgIpc) is 2.41. The fraction of sp³-hybridized carbons (Fsp3) is 0.667. The minimum absolute atomic E-state index is 0. The predicted octanol–water partition coefficient (Wildman–Crippen LogP) is -3.98. The van der Waals surface area contributed by atoms with E-state index in [4.69, 9.17) is 0 Å². The molecule has 0 aromatic carbocycles. The normalized spacial score (nSPS) is 33.8. The molecule has 0 bridgehead atoms. The Hall–Kier alpha value is 1.20. The monoisotopic (exact) mass is 240 g/mol. The van der Waals surface area contributed by atoms with E-state index in [1.165, 1.54) is 20.1 Å². The zero-order valence-electron chi connectivity index (χ0n) is 4.98. The summed E-state index contributed by atoms with van der Waals surface area (Å²) in [6.45, 7) is 0. The number of halogens is 2. The molecular formula is C6H8Cl2Zr. The summed E-state index contributed by atoms with van der Waals surface area (Å²) in [5, 5.41) is 0. The third kappa shape index (κ3) is 2.37. The fourth-order valence-corrected chi connectivity index (χ4v) is 4.26. The van der Waals surface area contributed by atoms with Crippen LogP contribution in [0.25, 0.3) is 0 Å². The first kappa shape index (κ1) is 10.2. The maximum Gasteiger partial charge on any atom is -1.00 e. The van der Waals surface area contributed by atoms with Crippen molar-refractivity contribution in [2.24, 2.45) is 0 Å². The smallest absolute Gasteiger partial charge is 1.00 e. The van der Waals surface area contributed by atoms with Gasteiger partial charge >= 0.3 is 55.5 Å². The standard InChI is InChI=1S/C6H8.2ClH.Zr/c1-2-4-6-5-3-1;;;/h1-2,5-6H,3-4H2;2*1H;/q;;;+2/p-2. The molecule has 0 spiro atoms. The Bertz CT molecular complexity index is 102. The molecule has 50 valence electrons. The molecule has 0 aromatic rings. The molecule has 2 atom stereocenters. The number of rotatable bonds is 0. The first-order valence-corrected chi connectivity index (χ1v) is 5.72. The van der Waals surface area contributed by atoms with Gasteiger partial charge in [0, 0.05) is 0 Å². The van der Waals surface area contributed by atoms with Crippen molar-refractivity contribution in [3.05, 3.63) is 12.2 Å². The molecular weight excluding hydrogens is 234 g/mol. The van der Waals surface area contributed by atoms with E-state index in [2.05, 4.69) is 12.2 Å². The van der Waals surface area contributed by atoms with Crippen LogP contribution in [-0.4, -0.2) is 0 Å². The van der Waals surface area contributed by atoms with Gasteiger partial charge in [0.1, 0.15) is 0 Å². The van der Waals surface area contributed by atoms with E-state index in [-0.39, 0.29) is 48.0 Å².